The van der Waals surface area contributed by atoms with Crippen LogP contribution >= 0.6 is 15.9 Å². The van der Waals surface area contributed by atoms with Gasteiger partial charge in [0.1, 0.15) is 5.82 Å². The van der Waals surface area contributed by atoms with E-state index < -0.39 is 0 Å². The number of hydrogen-bond donors (Lipinski definition) is 1. The molecule has 0 saturated carbocycles. The fraction of sp³-hybridized carbons (Fsp3) is 0.333. The Bertz CT molecular complexity index is 549. The maximum absolute atomic E-state index is 13.7. The van der Waals surface area contributed by atoms with Crippen molar-refractivity contribution < 1.29 is 4.39 Å². The van der Waals surface area contributed by atoms with Gasteiger partial charge in [-0.1, -0.05) is 35.8 Å². The summed E-state index contributed by atoms with van der Waals surface area (Å²) in [6, 6.07) is 7.70. The van der Waals surface area contributed by atoms with Gasteiger partial charge >= 0.3 is 0 Å². The standard InChI is InChI=1S/C15H18BrFN2/c1-11(2)18-8-12-5-6-19(9-12)10-13-3-4-14(16)7-15(13)17/h3-7,9,11,18H,8,10H2,1-2H3. The summed E-state index contributed by atoms with van der Waals surface area (Å²) in [5, 5.41) is 3.36. The molecule has 1 aromatic carbocycles. The molecule has 0 aliphatic carbocycles. The van der Waals surface area contributed by atoms with Crippen LogP contribution in [0.1, 0.15) is 25.0 Å². The van der Waals surface area contributed by atoms with Crippen LogP contribution in [0, 0.1) is 5.82 Å². The van der Waals surface area contributed by atoms with Crippen molar-refractivity contribution in [3.8, 4) is 0 Å². The van der Waals surface area contributed by atoms with E-state index in [1.54, 1.807) is 0 Å². The van der Waals surface area contributed by atoms with E-state index in [1.807, 2.05) is 22.9 Å². The molecule has 0 unspecified atom stereocenters. The Labute approximate surface area is 121 Å². The lowest BCUT2D eigenvalue weighted by Crippen LogP contribution is -2.21. The Hall–Kier alpha value is -1.13. The molecule has 0 bridgehead atoms. The molecule has 0 saturated heterocycles. The second-order valence-electron chi connectivity index (χ2n) is 4.96. The monoisotopic (exact) mass is 324 g/mol. The Kier molecular flexibility index (Phi) is 4.77. The molecular formula is C15H18BrFN2. The second kappa shape index (κ2) is 6.35. The summed E-state index contributed by atoms with van der Waals surface area (Å²) in [5.74, 6) is -0.176. The van der Waals surface area contributed by atoms with E-state index in [1.165, 1.54) is 11.6 Å². The van der Waals surface area contributed by atoms with Crippen molar-refractivity contribution in [1.29, 1.82) is 0 Å². The molecule has 4 heteroatoms. The Morgan fingerprint density at radius 2 is 2.11 bits per heavy atom. The van der Waals surface area contributed by atoms with Crippen LogP contribution in [0.5, 0.6) is 0 Å². The van der Waals surface area contributed by atoms with Gasteiger partial charge < -0.3 is 9.88 Å². The molecule has 2 aromatic rings. The molecule has 102 valence electrons. The third-order valence-corrected chi connectivity index (χ3v) is 3.39. The quantitative estimate of drug-likeness (QED) is 0.881. The highest BCUT2D eigenvalue weighted by molar-refractivity contribution is 9.10. The molecule has 1 aromatic heterocycles. The van der Waals surface area contributed by atoms with Crippen LogP contribution < -0.4 is 5.32 Å². The number of nitrogens with one attached hydrogen (secondary N) is 1. The van der Waals surface area contributed by atoms with Gasteiger partial charge in [0.2, 0.25) is 0 Å². The summed E-state index contributed by atoms with van der Waals surface area (Å²) in [7, 11) is 0. The van der Waals surface area contributed by atoms with E-state index in [2.05, 4.69) is 47.4 Å². The van der Waals surface area contributed by atoms with Gasteiger partial charge in [-0.15, -0.1) is 0 Å². The van der Waals surface area contributed by atoms with Crippen LogP contribution in [-0.2, 0) is 13.1 Å². The van der Waals surface area contributed by atoms with Crippen LogP contribution in [0.3, 0.4) is 0 Å². The molecule has 0 atom stereocenters. The van der Waals surface area contributed by atoms with Gasteiger partial charge in [-0.2, -0.15) is 0 Å². The first-order valence-electron chi connectivity index (χ1n) is 6.36. The van der Waals surface area contributed by atoms with Crippen molar-refractivity contribution in [3.05, 3.63) is 58.1 Å². The molecule has 2 rings (SSSR count). The zero-order valence-electron chi connectivity index (χ0n) is 11.2. The predicted octanol–water partition coefficient (Wildman–Crippen LogP) is 3.94. The van der Waals surface area contributed by atoms with Gasteiger partial charge in [0, 0.05) is 41.6 Å². The smallest absolute Gasteiger partial charge is 0.129 e. The molecule has 19 heavy (non-hydrogen) atoms. The third-order valence-electron chi connectivity index (χ3n) is 2.89. The van der Waals surface area contributed by atoms with Crippen LogP contribution in [0.2, 0.25) is 0 Å². The first-order valence-corrected chi connectivity index (χ1v) is 7.16. The molecule has 0 fully saturated rings. The Morgan fingerprint density at radius 1 is 1.32 bits per heavy atom. The maximum Gasteiger partial charge on any atom is 0.129 e. The van der Waals surface area contributed by atoms with Crippen LogP contribution in [0.15, 0.2) is 41.1 Å². The van der Waals surface area contributed by atoms with E-state index >= 15 is 0 Å². The topological polar surface area (TPSA) is 17.0 Å². The van der Waals surface area contributed by atoms with E-state index in [0.29, 0.717) is 18.2 Å². The molecule has 0 aliphatic heterocycles. The lowest BCUT2D eigenvalue weighted by Gasteiger charge is -2.07. The summed E-state index contributed by atoms with van der Waals surface area (Å²) >= 11 is 3.26. The zero-order valence-corrected chi connectivity index (χ0v) is 12.7. The average molecular weight is 325 g/mol. The minimum absolute atomic E-state index is 0.176. The van der Waals surface area contributed by atoms with Gasteiger partial charge in [-0.3, -0.25) is 0 Å². The number of benzene rings is 1. The summed E-state index contributed by atoms with van der Waals surface area (Å²) < 4.78 is 16.5. The lowest BCUT2D eigenvalue weighted by molar-refractivity contribution is 0.586. The van der Waals surface area contributed by atoms with E-state index in [0.717, 1.165) is 11.0 Å². The largest absolute Gasteiger partial charge is 0.349 e. The van der Waals surface area contributed by atoms with Gasteiger partial charge in [0.05, 0.1) is 0 Å². The van der Waals surface area contributed by atoms with Gasteiger partial charge in [-0.05, 0) is 23.8 Å². The second-order valence-corrected chi connectivity index (χ2v) is 5.88. The van der Waals surface area contributed by atoms with Crippen molar-refractivity contribution in [2.75, 3.05) is 0 Å². The molecular weight excluding hydrogens is 307 g/mol. The Balaban J connectivity index is 2.03. The predicted molar refractivity (Wildman–Crippen MR) is 79.6 cm³/mol. The highest BCUT2D eigenvalue weighted by Crippen LogP contribution is 2.16. The number of nitrogens with zero attached hydrogens (tertiary/aromatic N) is 1. The van der Waals surface area contributed by atoms with E-state index in [4.69, 9.17) is 0 Å². The molecule has 0 radical (unpaired) electrons. The molecule has 0 aliphatic rings. The minimum Gasteiger partial charge on any atom is -0.349 e. The molecule has 1 N–H and O–H groups in total. The number of hydrogen-bond acceptors (Lipinski definition) is 1. The molecule has 0 spiro atoms. The highest BCUT2D eigenvalue weighted by Gasteiger charge is 2.04. The minimum atomic E-state index is -0.176. The van der Waals surface area contributed by atoms with Crippen LogP contribution in [0.4, 0.5) is 4.39 Å². The van der Waals surface area contributed by atoms with E-state index in [-0.39, 0.29) is 5.82 Å². The van der Waals surface area contributed by atoms with Gasteiger partial charge in [-0.25, -0.2) is 4.39 Å². The summed E-state index contributed by atoms with van der Waals surface area (Å²) in [4.78, 5) is 0. The highest BCUT2D eigenvalue weighted by atomic mass is 79.9. The number of rotatable bonds is 5. The van der Waals surface area contributed by atoms with Crippen LogP contribution in [-0.4, -0.2) is 10.6 Å². The normalized spacial score (nSPS) is 11.2. The first-order chi connectivity index (χ1) is 9.04. The maximum atomic E-state index is 13.7. The average Bonchev–Trinajstić information content (AvgIpc) is 2.78. The Morgan fingerprint density at radius 3 is 2.79 bits per heavy atom. The van der Waals surface area contributed by atoms with Crippen molar-refractivity contribution in [1.82, 2.24) is 9.88 Å². The molecule has 1 heterocycles. The number of halogens is 2. The fourth-order valence-electron chi connectivity index (χ4n) is 1.86. The molecule has 0 amide bonds. The summed E-state index contributed by atoms with van der Waals surface area (Å²) in [6.45, 7) is 5.64. The SMILES string of the molecule is CC(C)NCc1ccn(Cc2ccc(Br)cc2F)c1. The summed E-state index contributed by atoms with van der Waals surface area (Å²) in [5.41, 5.74) is 1.91. The van der Waals surface area contributed by atoms with Crippen LogP contribution in [0.25, 0.3) is 0 Å². The lowest BCUT2D eigenvalue weighted by atomic mass is 10.2. The number of aromatic nitrogens is 1. The van der Waals surface area contributed by atoms with Crippen molar-refractivity contribution in [3.63, 3.8) is 0 Å². The first kappa shape index (κ1) is 14.3. The van der Waals surface area contributed by atoms with Crippen molar-refractivity contribution >= 4 is 15.9 Å². The van der Waals surface area contributed by atoms with Gasteiger partial charge in [0.25, 0.3) is 0 Å². The van der Waals surface area contributed by atoms with Crippen molar-refractivity contribution in [2.45, 2.75) is 33.0 Å². The van der Waals surface area contributed by atoms with E-state index in [9.17, 15) is 4.39 Å². The third kappa shape index (κ3) is 4.18. The van der Waals surface area contributed by atoms with Gasteiger partial charge in [0.15, 0.2) is 0 Å². The summed E-state index contributed by atoms with van der Waals surface area (Å²) in [6.07, 6.45) is 4.04. The van der Waals surface area contributed by atoms with Crippen molar-refractivity contribution in [2.24, 2.45) is 0 Å². The zero-order chi connectivity index (χ0) is 13.8. The molecule has 2 nitrogen and oxygen atoms in total. The fourth-order valence-corrected chi connectivity index (χ4v) is 2.20.